The number of rotatable bonds is 2. The van der Waals surface area contributed by atoms with Crippen molar-refractivity contribution in [1.82, 2.24) is 0 Å². The van der Waals surface area contributed by atoms with Gasteiger partial charge in [0, 0.05) is 5.56 Å². The average molecular weight is 253 g/mol. The lowest BCUT2D eigenvalue weighted by atomic mass is 9.94. The zero-order valence-electron chi connectivity index (χ0n) is 9.85. The van der Waals surface area contributed by atoms with Gasteiger partial charge in [-0.1, -0.05) is 11.2 Å². The van der Waals surface area contributed by atoms with Gasteiger partial charge < -0.3 is 15.1 Å². The second-order valence-electron chi connectivity index (χ2n) is 4.57. The van der Waals surface area contributed by atoms with Crippen LogP contribution in [-0.4, -0.2) is 33.6 Å². The maximum atomic E-state index is 13.5. The molecule has 0 saturated heterocycles. The van der Waals surface area contributed by atoms with Crippen molar-refractivity contribution in [2.24, 2.45) is 5.16 Å². The van der Waals surface area contributed by atoms with E-state index in [0.717, 1.165) is 12.1 Å². The zero-order valence-corrected chi connectivity index (χ0v) is 9.85. The Morgan fingerprint density at radius 1 is 1.50 bits per heavy atom. The van der Waals surface area contributed by atoms with Gasteiger partial charge in [-0.2, -0.15) is 0 Å². The van der Waals surface area contributed by atoms with Crippen molar-refractivity contribution in [3.05, 3.63) is 35.1 Å². The Hall–Kier alpha value is -1.95. The number of benzene rings is 1. The van der Waals surface area contributed by atoms with Gasteiger partial charge in [0.2, 0.25) is 0 Å². The van der Waals surface area contributed by atoms with Crippen molar-refractivity contribution in [2.45, 2.75) is 25.6 Å². The van der Waals surface area contributed by atoms with Crippen molar-refractivity contribution < 1.29 is 24.2 Å². The summed E-state index contributed by atoms with van der Waals surface area (Å²) in [5.41, 5.74) is -0.810. The smallest absolute Gasteiger partial charge is 0.338 e. The van der Waals surface area contributed by atoms with Crippen LogP contribution < -0.4 is 0 Å². The van der Waals surface area contributed by atoms with Gasteiger partial charge in [-0.05, 0) is 26.0 Å². The number of carboxylic acid groups (broad SMARTS) is 1. The lowest BCUT2D eigenvalue weighted by molar-refractivity contribution is -0.0476. The topological polar surface area (TPSA) is 79.1 Å². The lowest BCUT2D eigenvalue weighted by Gasteiger charge is -2.20. The number of carbonyl (C=O) groups is 1. The van der Waals surface area contributed by atoms with Crippen LogP contribution in [-0.2, 0) is 4.84 Å². The number of aliphatic hydroxyl groups excluding tert-OH is 1. The molecule has 0 aromatic heterocycles. The largest absolute Gasteiger partial charge is 0.478 e. The molecule has 0 aliphatic carbocycles. The predicted octanol–water partition coefficient (Wildman–Crippen LogP) is 1.40. The van der Waals surface area contributed by atoms with Crippen molar-refractivity contribution in [3.63, 3.8) is 0 Å². The molecule has 1 aliphatic heterocycles. The first-order valence-electron chi connectivity index (χ1n) is 5.30. The van der Waals surface area contributed by atoms with Crippen molar-refractivity contribution in [1.29, 1.82) is 0 Å². The van der Waals surface area contributed by atoms with Gasteiger partial charge in [0.05, 0.1) is 5.56 Å². The molecule has 1 aromatic carbocycles. The fourth-order valence-corrected chi connectivity index (χ4v) is 1.65. The van der Waals surface area contributed by atoms with Crippen LogP contribution in [0.1, 0.15) is 29.8 Å². The van der Waals surface area contributed by atoms with Crippen LogP contribution in [0, 0.1) is 5.82 Å². The SMILES string of the molecule is CC1(C)ON=C(c2ccc(C(=O)O)c(F)c2)C1O. The first kappa shape index (κ1) is 12.5. The molecule has 2 N–H and O–H groups in total. The first-order valence-corrected chi connectivity index (χ1v) is 5.30. The number of carboxylic acids is 1. The maximum absolute atomic E-state index is 13.5. The summed E-state index contributed by atoms with van der Waals surface area (Å²) in [5, 5.41) is 22.4. The molecule has 0 amide bonds. The Bertz CT molecular complexity index is 539. The molecule has 18 heavy (non-hydrogen) atoms. The quantitative estimate of drug-likeness (QED) is 0.834. The molecule has 2 rings (SSSR count). The highest BCUT2D eigenvalue weighted by Gasteiger charge is 2.40. The fraction of sp³-hybridized carbons (Fsp3) is 0.333. The number of aromatic carboxylic acids is 1. The third kappa shape index (κ3) is 1.95. The van der Waals surface area contributed by atoms with E-state index in [0.29, 0.717) is 5.56 Å². The minimum atomic E-state index is -1.34. The third-order valence-corrected chi connectivity index (χ3v) is 2.79. The Morgan fingerprint density at radius 3 is 2.61 bits per heavy atom. The molecule has 5 nitrogen and oxygen atoms in total. The average Bonchev–Trinajstić information content (AvgIpc) is 2.53. The molecule has 1 atom stereocenters. The second-order valence-corrected chi connectivity index (χ2v) is 4.57. The molecule has 0 fully saturated rings. The van der Waals surface area contributed by atoms with Crippen LogP contribution in [0.15, 0.2) is 23.4 Å². The minimum absolute atomic E-state index is 0.191. The molecular formula is C12H12FNO4. The number of hydrogen-bond donors (Lipinski definition) is 2. The van der Waals surface area contributed by atoms with Gasteiger partial charge in [0.15, 0.2) is 5.60 Å². The molecule has 1 heterocycles. The van der Waals surface area contributed by atoms with Crippen LogP contribution in [0.25, 0.3) is 0 Å². The molecule has 96 valence electrons. The number of nitrogens with zero attached hydrogens (tertiary/aromatic N) is 1. The molecule has 1 aromatic rings. The van der Waals surface area contributed by atoms with Gasteiger partial charge in [0.1, 0.15) is 17.6 Å². The summed E-state index contributed by atoms with van der Waals surface area (Å²) in [6, 6.07) is 3.54. The predicted molar refractivity (Wildman–Crippen MR) is 61.1 cm³/mol. The van der Waals surface area contributed by atoms with E-state index in [1.165, 1.54) is 6.07 Å². The first-order chi connectivity index (χ1) is 8.33. The Balaban J connectivity index is 2.37. The molecule has 0 saturated carbocycles. The standard InChI is InChI=1S/C12H12FNO4/c1-12(2)10(15)9(14-18-12)6-3-4-7(11(16)17)8(13)5-6/h3-5,10,15H,1-2H3,(H,16,17). The Morgan fingerprint density at radius 2 is 2.17 bits per heavy atom. The highest BCUT2D eigenvalue weighted by atomic mass is 19.1. The number of aliphatic hydroxyl groups is 1. The number of hydrogen-bond acceptors (Lipinski definition) is 4. The van der Waals surface area contributed by atoms with Crippen LogP contribution >= 0.6 is 0 Å². The van der Waals surface area contributed by atoms with Crippen LogP contribution in [0.3, 0.4) is 0 Å². The molecule has 1 aliphatic rings. The molecule has 0 radical (unpaired) electrons. The van der Waals surface area contributed by atoms with Crippen molar-refractivity contribution in [2.75, 3.05) is 0 Å². The van der Waals surface area contributed by atoms with E-state index in [1.807, 2.05) is 0 Å². The van der Waals surface area contributed by atoms with Crippen LogP contribution in [0.5, 0.6) is 0 Å². The third-order valence-electron chi connectivity index (χ3n) is 2.79. The van der Waals surface area contributed by atoms with Crippen LogP contribution in [0.2, 0.25) is 0 Å². The summed E-state index contributed by atoms with van der Waals surface area (Å²) < 4.78 is 13.5. The summed E-state index contributed by atoms with van der Waals surface area (Å²) in [7, 11) is 0. The van der Waals surface area contributed by atoms with Crippen molar-refractivity contribution >= 4 is 11.7 Å². The molecule has 6 heteroatoms. The van der Waals surface area contributed by atoms with Crippen molar-refractivity contribution in [3.8, 4) is 0 Å². The fourth-order valence-electron chi connectivity index (χ4n) is 1.65. The summed E-state index contributed by atoms with van der Waals surface area (Å²) in [5.74, 6) is -2.22. The monoisotopic (exact) mass is 253 g/mol. The van der Waals surface area contributed by atoms with E-state index in [9.17, 15) is 14.3 Å². The summed E-state index contributed by atoms with van der Waals surface area (Å²) in [6.07, 6.45) is -0.993. The molecule has 0 bridgehead atoms. The normalized spacial score (nSPS) is 21.3. The minimum Gasteiger partial charge on any atom is -0.478 e. The number of oxime groups is 1. The van der Waals surface area contributed by atoms with E-state index in [1.54, 1.807) is 13.8 Å². The van der Waals surface area contributed by atoms with Crippen LogP contribution in [0.4, 0.5) is 4.39 Å². The van der Waals surface area contributed by atoms with Gasteiger partial charge >= 0.3 is 5.97 Å². The highest BCUT2D eigenvalue weighted by Crippen LogP contribution is 2.27. The molecular weight excluding hydrogens is 241 g/mol. The van der Waals surface area contributed by atoms with Gasteiger partial charge in [-0.3, -0.25) is 0 Å². The lowest BCUT2D eigenvalue weighted by Crippen LogP contribution is -2.38. The Kier molecular flexibility index (Phi) is 2.82. The van der Waals surface area contributed by atoms with E-state index in [4.69, 9.17) is 9.94 Å². The zero-order chi connectivity index (χ0) is 13.5. The highest BCUT2D eigenvalue weighted by molar-refractivity contribution is 6.05. The van der Waals surface area contributed by atoms with E-state index in [2.05, 4.69) is 5.16 Å². The molecule has 1 unspecified atom stereocenters. The maximum Gasteiger partial charge on any atom is 0.338 e. The Labute approximate surface area is 102 Å². The number of halogens is 1. The van der Waals surface area contributed by atoms with Gasteiger partial charge in [-0.15, -0.1) is 0 Å². The second kappa shape index (κ2) is 4.06. The van der Waals surface area contributed by atoms with Gasteiger partial charge in [0.25, 0.3) is 0 Å². The van der Waals surface area contributed by atoms with E-state index in [-0.39, 0.29) is 5.71 Å². The van der Waals surface area contributed by atoms with E-state index < -0.39 is 29.1 Å². The van der Waals surface area contributed by atoms with Gasteiger partial charge in [-0.25, -0.2) is 9.18 Å². The molecule has 0 spiro atoms. The summed E-state index contributed by atoms with van der Waals surface area (Å²) in [4.78, 5) is 15.7. The summed E-state index contributed by atoms with van der Waals surface area (Å²) >= 11 is 0. The van der Waals surface area contributed by atoms with E-state index >= 15 is 0 Å². The summed E-state index contributed by atoms with van der Waals surface area (Å²) in [6.45, 7) is 3.30.